The molecule has 0 saturated heterocycles. The minimum atomic E-state index is 0.113. The smallest absolute Gasteiger partial charge is 0.149 e. The molecule has 1 heterocycles. The van der Waals surface area contributed by atoms with Crippen LogP contribution in [0.1, 0.15) is 26.3 Å². The average Bonchev–Trinajstić information content (AvgIpc) is 2.24. The van der Waals surface area contributed by atoms with E-state index >= 15 is 0 Å². The van der Waals surface area contributed by atoms with Gasteiger partial charge in [0.1, 0.15) is 5.82 Å². The molecule has 0 aliphatic rings. The predicted octanol–water partition coefficient (Wildman–Crippen LogP) is 0.890. The molecular formula is C9H18N4. The number of anilines is 1. The number of aromatic nitrogens is 2. The summed E-state index contributed by atoms with van der Waals surface area (Å²) in [4.78, 5) is 0. The highest BCUT2D eigenvalue weighted by atomic mass is 15.3. The van der Waals surface area contributed by atoms with Gasteiger partial charge in [0.25, 0.3) is 0 Å². The largest absolute Gasteiger partial charge is 0.382 e. The molecule has 13 heavy (non-hydrogen) atoms. The molecule has 1 aromatic heterocycles. The number of hydrogen-bond donors (Lipinski definition) is 2. The second-order valence-corrected chi connectivity index (χ2v) is 4.32. The highest BCUT2D eigenvalue weighted by Crippen LogP contribution is 2.09. The van der Waals surface area contributed by atoms with Gasteiger partial charge in [0.05, 0.1) is 0 Å². The molecule has 0 saturated carbocycles. The molecule has 0 aliphatic carbocycles. The van der Waals surface area contributed by atoms with Crippen LogP contribution in [0.25, 0.3) is 0 Å². The second-order valence-electron chi connectivity index (χ2n) is 4.32. The van der Waals surface area contributed by atoms with Crippen molar-refractivity contribution < 1.29 is 0 Å². The Morgan fingerprint density at radius 2 is 2.15 bits per heavy atom. The first-order chi connectivity index (χ1) is 5.88. The fourth-order valence-electron chi connectivity index (χ4n) is 1.05. The first-order valence-corrected chi connectivity index (χ1v) is 4.41. The Kier molecular flexibility index (Phi) is 2.61. The van der Waals surface area contributed by atoms with Gasteiger partial charge in [0, 0.05) is 30.9 Å². The van der Waals surface area contributed by atoms with E-state index < -0.39 is 0 Å². The molecule has 0 unspecified atom stereocenters. The highest BCUT2D eigenvalue weighted by molar-refractivity contribution is 5.37. The van der Waals surface area contributed by atoms with E-state index in [0.29, 0.717) is 5.82 Å². The monoisotopic (exact) mass is 182 g/mol. The van der Waals surface area contributed by atoms with Crippen LogP contribution in [0.3, 0.4) is 0 Å². The summed E-state index contributed by atoms with van der Waals surface area (Å²) in [7, 11) is 1.87. The molecule has 0 amide bonds. The number of nitrogen functional groups attached to an aromatic ring is 1. The summed E-state index contributed by atoms with van der Waals surface area (Å²) >= 11 is 0. The van der Waals surface area contributed by atoms with Crippen molar-refractivity contribution in [3.8, 4) is 0 Å². The summed E-state index contributed by atoms with van der Waals surface area (Å²) in [5.41, 5.74) is 6.87. The van der Waals surface area contributed by atoms with E-state index in [-0.39, 0.29) is 5.54 Å². The molecule has 0 aromatic carbocycles. The van der Waals surface area contributed by atoms with Crippen molar-refractivity contribution >= 4 is 5.82 Å². The minimum absolute atomic E-state index is 0.113. The van der Waals surface area contributed by atoms with Gasteiger partial charge in [0.15, 0.2) is 0 Å². The van der Waals surface area contributed by atoms with Gasteiger partial charge in [-0.1, -0.05) is 0 Å². The normalized spacial score (nSPS) is 12.0. The van der Waals surface area contributed by atoms with Gasteiger partial charge in [-0.3, -0.25) is 4.68 Å². The van der Waals surface area contributed by atoms with Crippen LogP contribution in [0, 0.1) is 0 Å². The lowest BCUT2D eigenvalue weighted by Gasteiger charge is -2.19. The van der Waals surface area contributed by atoms with Crippen LogP contribution in [0.4, 0.5) is 5.82 Å². The van der Waals surface area contributed by atoms with Crippen molar-refractivity contribution in [2.75, 3.05) is 5.73 Å². The molecule has 4 heteroatoms. The Morgan fingerprint density at radius 1 is 1.54 bits per heavy atom. The summed E-state index contributed by atoms with van der Waals surface area (Å²) in [6, 6.07) is 0. The first-order valence-electron chi connectivity index (χ1n) is 4.41. The number of hydrogen-bond acceptors (Lipinski definition) is 3. The Morgan fingerprint density at radius 3 is 2.54 bits per heavy atom. The zero-order valence-electron chi connectivity index (χ0n) is 8.76. The maximum Gasteiger partial charge on any atom is 0.149 e. The lowest BCUT2D eigenvalue weighted by molar-refractivity contribution is 0.424. The third-order valence-electron chi connectivity index (χ3n) is 1.75. The van der Waals surface area contributed by atoms with Crippen LogP contribution in [-0.2, 0) is 13.6 Å². The average molecular weight is 182 g/mol. The summed E-state index contributed by atoms with van der Waals surface area (Å²) in [6.07, 6.45) is 1.94. The van der Waals surface area contributed by atoms with Crippen LogP contribution in [0.5, 0.6) is 0 Å². The van der Waals surface area contributed by atoms with E-state index in [1.54, 1.807) is 4.68 Å². The summed E-state index contributed by atoms with van der Waals surface area (Å²) < 4.78 is 1.73. The number of aryl methyl sites for hydroxylation is 1. The minimum Gasteiger partial charge on any atom is -0.382 e. The fraction of sp³-hybridized carbons (Fsp3) is 0.667. The molecule has 1 aromatic rings. The van der Waals surface area contributed by atoms with Crippen LogP contribution >= 0.6 is 0 Å². The Bertz CT molecular complexity index is 282. The molecule has 0 atom stereocenters. The van der Waals surface area contributed by atoms with Crippen molar-refractivity contribution in [3.63, 3.8) is 0 Å². The van der Waals surface area contributed by atoms with Crippen LogP contribution in [0.2, 0.25) is 0 Å². The Balaban J connectivity index is 2.59. The lowest BCUT2D eigenvalue weighted by Crippen LogP contribution is -2.35. The third-order valence-corrected chi connectivity index (χ3v) is 1.75. The fourth-order valence-corrected chi connectivity index (χ4v) is 1.05. The molecule has 0 bridgehead atoms. The van der Waals surface area contributed by atoms with Crippen LogP contribution < -0.4 is 11.1 Å². The van der Waals surface area contributed by atoms with Crippen molar-refractivity contribution in [1.29, 1.82) is 0 Å². The van der Waals surface area contributed by atoms with Gasteiger partial charge in [0.2, 0.25) is 0 Å². The van der Waals surface area contributed by atoms with E-state index in [1.165, 1.54) is 0 Å². The SMILES string of the molecule is Cn1cc(CNC(C)(C)C)c(N)n1. The van der Waals surface area contributed by atoms with Gasteiger partial charge in [-0.15, -0.1) is 0 Å². The third kappa shape index (κ3) is 3.06. The van der Waals surface area contributed by atoms with Crippen molar-refractivity contribution in [2.45, 2.75) is 32.9 Å². The number of nitrogens with two attached hydrogens (primary N) is 1. The van der Waals surface area contributed by atoms with Gasteiger partial charge in [-0.2, -0.15) is 5.10 Å². The van der Waals surface area contributed by atoms with E-state index in [1.807, 2.05) is 13.2 Å². The first kappa shape index (κ1) is 10.1. The Labute approximate surface area is 79.1 Å². The van der Waals surface area contributed by atoms with Crippen molar-refractivity contribution in [1.82, 2.24) is 15.1 Å². The van der Waals surface area contributed by atoms with Gasteiger partial charge < -0.3 is 11.1 Å². The van der Waals surface area contributed by atoms with E-state index in [0.717, 1.165) is 12.1 Å². The maximum atomic E-state index is 5.70. The predicted molar refractivity (Wildman–Crippen MR) is 54.2 cm³/mol. The van der Waals surface area contributed by atoms with Crippen LogP contribution in [0.15, 0.2) is 6.20 Å². The van der Waals surface area contributed by atoms with Gasteiger partial charge >= 0.3 is 0 Å². The molecule has 74 valence electrons. The molecule has 0 radical (unpaired) electrons. The van der Waals surface area contributed by atoms with Crippen molar-refractivity contribution in [3.05, 3.63) is 11.8 Å². The molecule has 0 fully saturated rings. The molecular weight excluding hydrogens is 164 g/mol. The van der Waals surface area contributed by atoms with Crippen molar-refractivity contribution in [2.24, 2.45) is 7.05 Å². The maximum absolute atomic E-state index is 5.70. The van der Waals surface area contributed by atoms with Gasteiger partial charge in [-0.05, 0) is 20.8 Å². The zero-order valence-corrected chi connectivity index (χ0v) is 8.76. The summed E-state index contributed by atoms with van der Waals surface area (Å²) in [5.74, 6) is 0.610. The molecule has 1 rings (SSSR count). The molecule has 4 nitrogen and oxygen atoms in total. The number of rotatable bonds is 2. The molecule has 0 spiro atoms. The molecule has 3 N–H and O–H groups in total. The Hall–Kier alpha value is -1.03. The number of nitrogens with one attached hydrogen (secondary N) is 1. The summed E-state index contributed by atoms with van der Waals surface area (Å²) in [6.45, 7) is 7.14. The van der Waals surface area contributed by atoms with E-state index in [2.05, 4.69) is 31.2 Å². The number of nitrogens with zero attached hydrogens (tertiary/aromatic N) is 2. The topological polar surface area (TPSA) is 55.9 Å². The van der Waals surface area contributed by atoms with Crippen LogP contribution in [-0.4, -0.2) is 15.3 Å². The highest BCUT2D eigenvalue weighted by Gasteiger charge is 2.10. The summed E-state index contributed by atoms with van der Waals surface area (Å²) in [5, 5.41) is 7.43. The lowest BCUT2D eigenvalue weighted by atomic mass is 10.1. The zero-order chi connectivity index (χ0) is 10.1. The van der Waals surface area contributed by atoms with E-state index in [9.17, 15) is 0 Å². The standard InChI is InChI=1S/C9H18N4/c1-9(2,3)11-5-7-6-13(4)12-8(7)10/h6,11H,5H2,1-4H3,(H2,10,12). The molecule has 0 aliphatic heterocycles. The van der Waals surface area contributed by atoms with E-state index in [4.69, 9.17) is 5.73 Å². The quantitative estimate of drug-likeness (QED) is 0.714. The van der Waals surface area contributed by atoms with Gasteiger partial charge in [-0.25, -0.2) is 0 Å². The second kappa shape index (κ2) is 3.38.